The number of aromatic amines is 2. The zero-order chi connectivity index (χ0) is 20.5. The van der Waals surface area contributed by atoms with Crippen LogP contribution in [0.4, 0.5) is 5.69 Å². The number of carbonyl (C=O) groups excluding carboxylic acids is 1. The number of benzene rings is 3. The maximum absolute atomic E-state index is 12.7. The number of hydrogen-bond acceptors (Lipinski definition) is 3. The summed E-state index contributed by atoms with van der Waals surface area (Å²) in [5.41, 5.74) is 5.45. The lowest BCUT2D eigenvalue weighted by Crippen LogP contribution is -2.14. The van der Waals surface area contributed by atoms with E-state index in [1.165, 1.54) is 0 Å². The Kier molecular flexibility index (Phi) is 4.44. The summed E-state index contributed by atoms with van der Waals surface area (Å²) in [7, 11) is 1.63. The fraction of sp³-hybridized carbons (Fsp3) is 0.0833. The van der Waals surface area contributed by atoms with Crippen LogP contribution >= 0.6 is 0 Å². The number of anilines is 1. The van der Waals surface area contributed by atoms with Gasteiger partial charge in [0.25, 0.3) is 0 Å². The molecule has 2 aromatic heterocycles. The number of aromatic nitrogens is 3. The van der Waals surface area contributed by atoms with Crippen molar-refractivity contribution in [2.24, 2.45) is 0 Å². The molecule has 6 heteroatoms. The van der Waals surface area contributed by atoms with Gasteiger partial charge in [0.05, 0.1) is 24.6 Å². The van der Waals surface area contributed by atoms with E-state index in [4.69, 9.17) is 4.74 Å². The molecular weight excluding hydrogens is 376 g/mol. The van der Waals surface area contributed by atoms with Crippen LogP contribution in [0.1, 0.15) is 5.56 Å². The molecule has 3 N–H and O–H groups in total. The Morgan fingerprint density at radius 2 is 1.93 bits per heavy atom. The molecule has 148 valence electrons. The topological polar surface area (TPSA) is 82.8 Å². The molecular formula is C24H20N4O2. The molecule has 0 bridgehead atoms. The van der Waals surface area contributed by atoms with Crippen molar-refractivity contribution in [2.45, 2.75) is 6.42 Å². The minimum Gasteiger partial charge on any atom is -0.497 e. The van der Waals surface area contributed by atoms with Crippen LogP contribution in [0.25, 0.3) is 33.3 Å². The molecule has 6 nitrogen and oxygen atoms in total. The fourth-order valence-corrected chi connectivity index (χ4v) is 3.64. The van der Waals surface area contributed by atoms with E-state index < -0.39 is 0 Å². The van der Waals surface area contributed by atoms with Gasteiger partial charge in [0.15, 0.2) is 0 Å². The van der Waals surface area contributed by atoms with Gasteiger partial charge in [-0.2, -0.15) is 0 Å². The SMILES string of the molecule is COc1ccc2[nH]cc(CC(=O)Nc3cccc(-c4nc5ccccc5[nH]4)c3)c2c1. The molecule has 1 amide bonds. The van der Waals surface area contributed by atoms with Crippen LogP contribution in [0.3, 0.4) is 0 Å². The minimum atomic E-state index is -0.0829. The van der Waals surface area contributed by atoms with E-state index in [0.717, 1.165) is 50.3 Å². The summed E-state index contributed by atoms with van der Waals surface area (Å²) in [4.78, 5) is 23.8. The molecule has 0 fully saturated rings. The van der Waals surface area contributed by atoms with Crippen LogP contribution in [0.15, 0.2) is 72.9 Å². The molecule has 0 saturated heterocycles. The molecule has 2 heterocycles. The van der Waals surface area contributed by atoms with E-state index in [9.17, 15) is 4.79 Å². The van der Waals surface area contributed by atoms with Crippen molar-refractivity contribution < 1.29 is 9.53 Å². The molecule has 0 atom stereocenters. The Bertz CT molecular complexity index is 1330. The van der Waals surface area contributed by atoms with Gasteiger partial charge in [0.2, 0.25) is 5.91 Å². The van der Waals surface area contributed by atoms with Crippen LogP contribution in [0, 0.1) is 0 Å². The van der Waals surface area contributed by atoms with Crippen LogP contribution < -0.4 is 10.1 Å². The Morgan fingerprint density at radius 3 is 2.80 bits per heavy atom. The van der Waals surface area contributed by atoms with Gasteiger partial charge in [-0.3, -0.25) is 4.79 Å². The molecule has 0 aliphatic carbocycles. The van der Waals surface area contributed by atoms with Crippen LogP contribution in [0.5, 0.6) is 5.75 Å². The summed E-state index contributed by atoms with van der Waals surface area (Å²) in [6, 6.07) is 21.4. The first-order valence-electron chi connectivity index (χ1n) is 9.68. The third kappa shape index (κ3) is 3.39. The number of hydrogen-bond donors (Lipinski definition) is 3. The van der Waals surface area contributed by atoms with E-state index in [2.05, 4.69) is 20.3 Å². The molecule has 3 aromatic carbocycles. The number of ether oxygens (including phenoxy) is 1. The lowest BCUT2D eigenvalue weighted by Gasteiger charge is -2.07. The summed E-state index contributed by atoms with van der Waals surface area (Å²) >= 11 is 0. The molecule has 30 heavy (non-hydrogen) atoms. The van der Waals surface area contributed by atoms with Crippen molar-refractivity contribution in [3.8, 4) is 17.1 Å². The van der Waals surface area contributed by atoms with E-state index in [1.54, 1.807) is 7.11 Å². The van der Waals surface area contributed by atoms with Crippen molar-refractivity contribution in [1.29, 1.82) is 0 Å². The molecule has 5 rings (SSSR count). The highest BCUT2D eigenvalue weighted by Crippen LogP contribution is 2.25. The van der Waals surface area contributed by atoms with E-state index >= 15 is 0 Å². The van der Waals surface area contributed by atoms with Crippen LogP contribution in [0.2, 0.25) is 0 Å². The second-order valence-corrected chi connectivity index (χ2v) is 7.13. The van der Waals surface area contributed by atoms with Crippen LogP contribution in [-0.4, -0.2) is 28.0 Å². The molecule has 0 saturated carbocycles. The molecule has 0 radical (unpaired) electrons. The summed E-state index contributed by atoms with van der Waals surface area (Å²) < 4.78 is 5.30. The van der Waals surface area contributed by atoms with Crippen molar-refractivity contribution in [2.75, 3.05) is 12.4 Å². The van der Waals surface area contributed by atoms with Gasteiger partial charge < -0.3 is 20.0 Å². The minimum absolute atomic E-state index is 0.0829. The number of amides is 1. The van der Waals surface area contributed by atoms with Gasteiger partial charge in [0, 0.05) is 28.4 Å². The number of para-hydroxylation sites is 2. The maximum atomic E-state index is 12.7. The van der Waals surface area contributed by atoms with Gasteiger partial charge in [-0.1, -0.05) is 24.3 Å². The highest BCUT2D eigenvalue weighted by Gasteiger charge is 2.11. The third-order valence-corrected chi connectivity index (χ3v) is 5.13. The first-order chi connectivity index (χ1) is 14.7. The first kappa shape index (κ1) is 18.0. The predicted molar refractivity (Wildman–Crippen MR) is 119 cm³/mol. The lowest BCUT2D eigenvalue weighted by atomic mass is 10.1. The van der Waals surface area contributed by atoms with E-state index in [-0.39, 0.29) is 12.3 Å². The van der Waals surface area contributed by atoms with Crippen molar-refractivity contribution in [3.05, 3.63) is 78.5 Å². The summed E-state index contributed by atoms with van der Waals surface area (Å²) in [6.45, 7) is 0. The zero-order valence-corrected chi connectivity index (χ0v) is 16.4. The molecule has 0 aliphatic heterocycles. The lowest BCUT2D eigenvalue weighted by molar-refractivity contribution is -0.115. The second kappa shape index (κ2) is 7.40. The van der Waals surface area contributed by atoms with E-state index in [1.807, 2.05) is 72.9 Å². The number of carbonyl (C=O) groups is 1. The molecule has 5 aromatic rings. The quantitative estimate of drug-likeness (QED) is 0.395. The summed E-state index contributed by atoms with van der Waals surface area (Å²) in [5, 5.41) is 3.98. The van der Waals surface area contributed by atoms with Gasteiger partial charge >= 0.3 is 0 Å². The number of imidazole rings is 1. The number of nitrogens with one attached hydrogen (secondary N) is 3. The number of nitrogens with zero attached hydrogens (tertiary/aromatic N) is 1. The average molecular weight is 396 g/mol. The van der Waals surface area contributed by atoms with Gasteiger partial charge in [-0.05, 0) is 48.0 Å². The highest BCUT2D eigenvalue weighted by molar-refractivity contribution is 5.96. The Balaban J connectivity index is 1.36. The number of H-pyrrole nitrogens is 2. The predicted octanol–water partition coefficient (Wildman–Crippen LogP) is 4.90. The largest absolute Gasteiger partial charge is 0.497 e. The maximum Gasteiger partial charge on any atom is 0.228 e. The standard InChI is InChI=1S/C24H20N4O2/c1-30-18-9-10-20-19(13-18)16(14-25-20)12-23(29)26-17-6-4-5-15(11-17)24-27-21-7-2-3-8-22(21)28-24/h2-11,13-14,25H,12H2,1H3,(H,26,29)(H,27,28). The zero-order valence-electron chi connectivity index (χ0n) is 16.4. The summed E-state index contributed by atoms with van der Waals surface area (Å²) in [5.74, 6) is 1.46. The van der Waals surface area contributed by atoms with Crippen molar-refractivity contribution in [3.63, 3.8) is 0 Å². The average Bonchev–Trinajstić information content (AvgIpc) is 3.38. The number of methoxy groups -OCH3 is 1. The van der Waals surface area contributed by atoms with Gasteiger partial charge in [0.1, 0.15) is 11.6 Å². The van der Waals surface area contributed by atoms with Gasteiger partial charge in [-0.25, -0.2) is 4.98 Å². The number of rotatable bonds is 5. The second-order valence-electron chi connectivity index (χ2n) is 7.13. The fourth-order valence-electron chi connectivity index (χ4n) is 3.64. The first-order valence-corrected chi connectivity index (χ1v) is 9.68. The van der Waals surface area contributed by atoms with Crippen molar-refractivity contribution in [1.82, 2.24) is 15.0 Å². The Morgan fingerprint density at radius 1 is 1.03 bits per heavy atom. The molecule has 0 aliphatic rings. The highest BCUT2D eigenvalue weighted by atomic mass is 16.5. The molecule has 0 unspecified atom stereocenters. The third-order valence-electron chi connectivity index (χ3n) is 5.13. The molecule has 0 spiro atoms. The van der Waals surface area contributed by atoms with E-state index in [0.29, 0.717) is 0 Å². The Hall–Kier alpha value is -4.06. The monoisotopic (exact) mass is 396 g/mol. The van der Waals surface area contributed by atoms with Gasteiger partial charge in [-0.15, -0.1) is 0 Å². The van der Waals surface area contributed by atoms with Crippen LogP contribution in [-0.2, 0) is 11.2 Å². The smallest absolute Gasteiger partial charge is 0.228 e. The normalized spacial score (nSPS) is 11.1. The van der Waals surface area contributed by atoms with Crippen molar-refractivity contribution >= 4 is 33.5 Å². The summed E-state index contributed by atoms with van der Waals surface area (Å²) in [6.07, 6.45) is 2.14. The Labute approximate surface area is 172 Å². The number of fused-ring (bicyclic) bond motifs is 2.